The molecule has 1 rings (SSSR count). The van der Waals surface area contributed by atoms with E-state index in [-0.39, 0.29) is 6.10 Å². The van der Waals surface area contributed by atoms with E-state index in [1.807, 2.05) is 6.92 Å². The molecule has 1 saturated carbocycles. The Morgan fingerprint density at radius 1 is 1.50 bits per heavy atom. The van der Waals surface area contributed by atoms with E-state index >= 15 is 0 Å². The molecule has 2 heteroatoms. The van der Waals surface area contributed by atoms with Crippen LogP contribution in [0, 0.1) is 11.8 Å². The van der Waals surface area contributed by atoms with Crippen LogP contribution in [0.15, 0.2) is 0 Å². The highest BCUT2D eigenvalue weighted by atomic mass is 16.5. The summed E-state index contributed by atoms with van der Waals surface area (Å²) in [5.74, 6) is 1.16. The van der Waals surface area contributed by atoms with Gasteiger partial charge in [-0.2, -0.15) is 0 Å². The van der Waals surface area contributed by atoms with E-state index in [0.29, 0.717) is 25.0 Å². The van der Waals surface area contributed by atoms with E-state index in [4.69, 9.17) is 4.74 Å². The first-order valence-electron chi connectivity index (χ1n) is 5.01. The van der Waals surface area contributed by atoms with Crippen molar-refractivity contribution in [3.8, 4) is 0 Å². The summed E-state index contributed by atoms with van der Waals surface area (Å²) in [5, 5.41) is 9.73. The number of aliphatic hydroxyl groups excluding tert-OH is 1. The van der Waals surface area contributed by atoms with Gasteiger partial charge in [-0.25, -0.2) is 0 Å². The molecule has 72 valence electrons. The predicted octanol–water partition coefficient (Wildman–Crippen LogP) is 1.82. The van der Waals surface area contributed by atoms with Crippen molar-refractivity contribution in [2.45, 2.75) is 39.2 Å². The molecular weight excluding hydrogens is 152 g/mol. The van der Waals surface area contributed by atoms with Gasteiger partial charge in [0.2, 0.25) is 0 Å². The van der Waals surface area contributed by atoms with Crippen LogP contribution in [0.25, 0.3) is 0 Å². The maximum absolute atomic E-state index is 9.73. The summed E-state index contributed by atoms with van der Waals surface area (Å²) in [7, 11) is 0. The third-order valence-electron chi connectivity index (χ3n) is 2.91. The van der Waals surface area contributed by atoms with Gasteiger partial charge in [-0.3, -0.25) is 0 Å². The van der Waals surface area contributed by atoms with Crippen molar-refractivity contribution in [3.05, 3.63) is 0 Å². The molecule has 1 aliphatic carbocycles. The minimum Gasteiger partial charge on any atom is -0.390 e. The molecule has 1 aliphatic rings. The van der Waals surface area contributed by atoms with E-state index in [1.54, 1.807) is 0 Å². The molecule has 0 aromatic carbocycles. The van der Waals surface area contributed by atoms with Gasteiger partial charge < -0.3 is 9.84 Å². The quantitative estimate of drug-likeness (QED) is 0.701. The number of ether oxygens (including phenoxy) is 1. The molecule has 0 aromatic rings. The van der Waals surface area contributed by atoms with Gasteiger partial charge in [0, 0.05) is 6.61 Å². The van der Waals surface area contributed by atoms with Crippen molar-refractivity contribution in [1.29, 1.82) is 0 Å². The lowest BCUT2D eigenvalue weighted by Gasteiger charge is -2.21. The third-order valence-corrected chi connectivity index (χ3v) is 2.91. The monoisotopic (exact) mass is 172 g/mol. The fourth-order valence-corrected chi connectivity index (χ4v) is 2.11. The Balaban J connectivity index is 2.25. The summed E-state index contributed by atoms with van der Waals surface area (Å²) in [6, 6.07) is 0. The highest BCUT2D eigenvalue weighted by molar-refractivity contribution is 4.79. The van der Waals surface area contributed by atoms with Gasteiger partial charge >= 0.3 is 0 Å². The molecule has 0 spiro atoms. The molecule has 0 heterocycles. The van der Waals surface area contributed by atoms with Crippen LogP contribution in [-0.2, 0) is 4.74 Å². The molecule has 1 fully saturated rings. The first-order chi connectivity index (χ1) is 5.75. The predicted molar refractivity (Wildman–Crippen MR) is 49.0 cm³/mol. The lowest BCUT2D eigenvalue weighted by Crippen LogP contribution is -2.27. The van der Waals surface area contributed by atoms with Crippen molar-refractivity contribution in [2.24, 2.45) is 11.8 Å². The van der Waals surface area contributed by atoms with Gasteiger partial charge in [-0.05, 0) is 25.2 Å². The molecular formula is C10H20O2. The maximum atomic E-state index is 9.73. The lowest BCUT2D eigenvalue weighted by atomic mass is 9.93. The summed E-state index contributed by atoms with van der Waals surface area (Å²) < 4.78 is 5.21. The molecule has 0 radical (unpaired) electrons. The first kappa shape index (κ1) is 10.0. The SMILES string of the molecule is CCOCC(O)C1CCCC1C. The van der Waals surface area contributed by atoms with Gasteiger partial charge in [0.05, 0.1) is 12.7 Å². The van der Waals surface area contributed by atoms with Gasteiger partial charge in [0.15, 0.2) is 0 Å². The molecule has 0 saturated heterocycles. The van der Waals surface area contributed by atoms with Gasteiger partial charge in [-0.1, -0.05) is 19.8 Å². The summed E-state index contributed by atoms with van der Waals surface area (Å²) in [4.78, 5) is 0. The average Bonchev–Trinajstić information content (AvgIpc) is 2.47. The maximum Gasteiger partial charge on any atom is 0.0804 e. The Kier molecular flexibility index (Phi) is 4.02. The van der Waals surface area contributed by atoms with Crippen LogP contribution in [0.2, 0.25) is 0 Å². The second-order valence-electron chi connectivity index (χ2n) is 3.80. The van der Waals surface area contributed by atoms with Gasteiger partial charge in [0.1, 0.15) is 0 Å². The molecule has 0 amide bonds. The molecule has 2 nitrogen and oxygen atoms in total. The van der Waals surface area contributed by atoms with Crippen molar-refractivity contribution < 1.29 is 9.84 Å². The van der Waals surface area contributed by atoms with Crippen molar-refractivity contribution in [2.75, 3.05) is 13.2 Å². The summed E-state index contributed by atoms with van der Waals surface area (Å²) >= 11 is 0. The molecule has 3 atom stereocenters. The fourth-order valence-electron chi connectivity index (χ4n) is 2.11. The average molecular weight is 172 g/mol. The zero-order valence-electron chi connectivity index (χ0n) is 8.12. The Labute approximate surface area is 74.9 Å². The van der Waals surface area contributed by atoms with Crippen molar-refractivity contribution in [1.82, 2.24) is 0 Å². The molecule has 0 aromatic heterocycles. The molecule has 0 aliphatic heterocycles. The van der Waals surface area contributed by atoms with Crippen molar-refractivity contribution >= 4 is 0 Å². The zero-order chi connectivity index (χ0) is 8.97. The minimum absolute atomic E-state index is 0.234. The van der Waals surface area contributed by atoms with E-state index < -0.39 is 0 Å². The Hall–Kier alpha value is -0.0800. The Morgan fingerprint density at radius 2 is 2.25 bits per heavy atom. The summed E-state index contributed by atoms with van der Waals surface area (Å²) in [5.41, 5.74) is 0. The second-order valence-corrected chi connectivity index (χ2v) is 3.80. The Morgan fingerprint density at radius 3 is 2.75 bits per heavy atom. The highest BCUT2D eigenvalue weighted by Crippen LogP contribution is 2.33. The molecule has 3 unspecified atom stereocenters. The number of aliphatic hydroxyl groups is 1. The molecule has 12 heavy (non-hydrogen) atoms. The lowest BCUT2D eigenvalue weighted by molar-refractivity contribution is 0.000542. The van der Waals surface area contributed by atoms with Gasteiger partial charge in [0.25, 0.3) is 0 Å². The van der Waals surface area contributed by atoms with Crippen LogP contribution in [-0.4, -0.2) is 24.4 Å². The van der Waals surface area contributed by atoms with E-state index in [2.05, 4.69) is 6.92 Å². The normalized spacial score (nSPS) is 32.2. The summed E-state index contributed by atoms with van der Waals surface area (Å²) in [6.45, 7) is 5.42. The molecule has 0 bridgehead atoms. The van der Waals surface area contributed by atoms with Gasteiger partial charge in [-0.15, -0.1) is 0 Å². The van der Waals surface area contributed by atoms with Crippen molar-refractivity contribution in [3.63, 3.8) is 0 Å². The van der Waals surface area contributed by atoms with Crippen LogP contribution in [0.3, 0.4) is 0 Å². The summed E-state index contributed by atoms with van der Waals surface area (Å²) in [6.07, 6.45) is 3.49. The second kappa shape index (κ2) is 4.83. The van der Waals surface area contributed by atoms with E-state index in [0.717, 1.165) is 0 Å². The minimum atomic E-state index is -0.234. The fraction of sp³-hybridized carbons (Fsp3) is 1.00. The van der Waals surface area contributed by atoms with Crippen LogP contribution in [0.5, 0.6) is 0 Å². The highest BCUT2D eigenvalue weighted by Gasteiger charge is 2.29. The molecule has 1 N–H and O–H groups in total. The van der Waals surface area contributed by atoms with Crippen LogP contribution >= 0.6 is 0 Å². The first-order valence-corrected chi connectivity index (χ1v) is 5.01. The van der Waals surface area contributed by atoms with E-state index in [9.17, 15) is 5.11 Å². The number of hydrogen-bond acceptors (Lipinski definition) is 2. The van der Waals surface area contributed by atoms with Crippen LogP contribution < -0.4 is 0 Å². The largest absolute Gasteiger partial charge is 0.390 e. The topological polar surface area (TPSA) is 29.5 Å². The number of rotatable bonds is 4. The zero-order valence-corrected chi connectivity index (χ0v) is 8.12. The van der Waals surface area contributed by atoms with Crippen LogP contribution in [0.1, 0.15) is 33.1 Å². The Bertz CT molecular complexity index is 125. The smallest absolute Gasteiger partial charge is 0.0804 e. The standard InChI is InChI=1S/C10H20O2/c1-3-12-7-10(11)9-6-4-5-8(9)2/h8-11H,3-7H2,1-2H3. The third kappa shape index (κ3) is 2.46. The van der Waals surface area contributed by atoms with Crippen LogP contribution in [0.4, 0.5) is 0 Å². The number of hydrogen-bond donors (Lipinski definition) is 1. The van der Waals surface area contributed by atoms with E-state index in [1.165, 1.54) is 19.3 Å².